The average Bonchev–Trinajstić information content (AvgIpc) is 3.46. The van der Waals surface area contributed by atoms with Crippen LogP contribution < -0.4 is 19.1 Å². The number of aliphatic hydroxyl groups excluding tert-OH is 1. The Labute approximate surface area is 235 Å². The summed E-state index contributed by atoms with van der Waals surface area (Å²) in [6.07, 6.45) is 1.44. The normalized spacial score (nSPS) is 16.1. The number of carbonyl (C=O) groups is 3. The number of methoxy groups -OCH3 is 3. The second-order valence-corrected chi connectivity index (χ2v) is 9.74. The average molecular weight is 565 g/mol. The minimum atomic E-state index is -1.09. The standard InChI is InChI=1S/C29H28N2O8S/c1-7-12-39-28(35)26-16(3)30-29(40-26)31-23(17-8-11-20(37-5)21(14-17)38-6)22(25(33)27(31)34)24(32)18-9-10-19(36-4)15(2)13-18/h7-11,13-14,23,32H,1,12H2,2-6H3/t23-/m1/s1. The summed E-state index contributed by atoms with van der Waals surface area (Å²) in [6, 6.07) is 8.75. The number of hydrogen-bond donors (Lipinski definition) is 1. The van der Waals surface area contributed by atoms with Crippen LogP contribution in [0.1, 0.15) is 38.1 Å². The van der Waals surface area contributed by atoms with Crippen LogP contribution in [-0.2, 0) is 14.3 Å². The SMILES string of the molecule is C=CCOC(=O)c1sc(N2C(=O)C(=O)C(=C(O)c3ccc(OC)c(C)c3)[C@H]2c2ccc(OC)c(OC)c2)nc1C. The summed E-state index contributed by atoms with van der Waals surface area (Å²) in [5, 5.41) is 11.5. The zero-order valence-electron chi connectivity index (χ0n) is 22.6. The second kappa shape index (κ2) is 11.6. The van der Waals surface area contributed by atoms with E-state index in [1.165, 1.54) is 32.3 Å². The first-order chi connectivity index (χ1) is 19.2. The lowest BCUT2D eigenvalue weighted by Gasteiger charge is -2.24. The van der Waals surface area contributed by atoms with Crippen LogP contribution in [0.25, 0.3) is 5.76 Å². The number of amides is 1. The first kappa shape index (κ1) is 28.4. The molecule has 40 heavy (non-hydrogen) atoms. The van der Waals surface area contributed by atoms with E-state index in [0.717, 1.165) is 16.9 Å². The maximum absolute atomic E-state index is 13.5. The number of Topliss-reactive ketones (excluding diaryl/α,β-unsaturated/α-hetero) is 1. The maximum Gasteiger partial charge on any atom is 0.350 e. The summed E-state index contributed by atoms with van der Waals surface area (Å²) in [4.78, 5) is 45.4. The summed E-state index contributed by atoms with van der Waals surface area (Å²) >= 11 is 0.910. The number of ketones is 1. The molecule has 208 valence electrons. The number of thiazole rings is 1. The minimum Gasteiger partial charge on any atom is -0.507 e. The fourth-order valence-electron chi connectivity index (χ4n) is 4.42. The Balaban J connectivity index is 1.93. The number of nitrogens with zero attached hydrogens (tertiary/aromatic N) is 2. The summed E-state index contributed by atoms with van der Waals surface area (Å²) in [6.45, 7) is 6.94. The molecular formula is C29H28N2O8S. The molecule has 1 atom stereocenters. The number of carbonyl (C=O) groups excluding carboxylic acids is 3. The van der Waals surface area contributed by atoms with Gasteiger partial charge >= 0.3 is 11.9 Å². The van der Waals surface area contributed by atoms with Crippen molar-refractivity contribution in [2.24, 2.45) is 0 Å². The second-order valence-electron chi connectivity index (χ2n) is 8.77. The van der Waals surface area contributed by atoms with Crippen LogP contribution in [0.4, 0.5) is 5.13 Å². The van der Waals surface area contributed by atoms with Gasteiger partial charge in [-0.05, 0) is 55.3 Å². The third-order valence-corrected chi connectivity index (χ3v) is 7.48. The molecule has 1 aliphatic rings. The highest BCUT2D eigenvalue weighted by molar-refractivity contribution is 7.17. The van der Waals surface area contributed by atoms with Gasteiger partial charge in [0.1, 0.15) is 23.0 Å². The highest BCUT2D eigenvalue weighted by atomic mass is 32.1. The Bertz CT molecular complexity index is 1540. The van der Waals surface area contributed by atoms with Gasteiger partial charge in [0.05, 0.1) is 38.6 Å². The molecule has 0 radical (unpaired) electrons. The zero-order valence-corrected chi connectivity index (χ0v) is 23.5. The monoisotopic (exact) mass is 564 g/mol. The topological polar surface area (TPSA) is 124 Å². The van der Waals surface area contributed by atoms with Crippen molar-refractivity contribution in [1.82, 2.24) is 4.98 Å². The lowest BCUT2D eigenvalue weighted by Crippen LogP contribution is -2.29. The van der Waals surface area contributed by atoms with Gasteiger partial charge in [-0.15, -0.1) is 0 Å². The predicted octanol–water partition coefficient (Wildman–Crippen LogP) is 4.75. The Morgan fingerprint density at radius 2 is 1.73 bits per heavy atom. The van der Waals surface area contributed by atoms with E-state index in [-0.39, 0.29) is 27.9 Å². The highest BCUT2D eigenvalue weighted by Crippen LogP contribution is 2.45. The first-order valence-corrected chi connectivity index (χ1v) is 12.9. The van der Waals surface area contributed by atoms with E-state index in [1.807, 2.05) is 0 Å². The van der Waals surface area contributed by atoms with Crippen molar-refractivity contribution in [1.29, 1.82) is 0 Å². The third kappa shape index (κ3) is 5.03. The molecule has 0 spiro atoms. The Morgan fingerprint density at radius 1 is 1.05 bits per heavy atom. The number of aromatic nitrogens is 1. The van der Waals surface area contributed by atoms with Gasteiger partial charge in [0.15, 0.2) is 16.6 Å². The smallest absolute Gasteiger partial charge is 0.350 e. The van der Waals surface area contributed by atoms with E-state index in [0.29, 0.717) is 34.1 Å². The summed E-state index contributed by atoms with van der Waals surface area (Å²) in [5.74, 6) is -1.43. The molecule has 4 rings (SSSR count). The van der Waals surface area contributed by atoms with E-state index in [9.17, 15) is 19.5 Å². The van der Waals surface area contributed by atoms with Crippen LogP contribution in [0.3, 0.4) is 0 Å². The van der Waals surface area contributed by atoms with Gasteiger partial charge in [0, 0.05) is 5.56 Å². The summed E-state index contributed by atoms with van der Waals surface area (Å²) in [5.41, 5.74) is 1.68. The molecule has 2 aromatic carbocycles. The molecule has 0 aliphatic carbocycles. The lowest BCUT2D eigenvalue weighted by molar-refractivity contribution is -0.132. The molecule has 10 nitrogen and oxygen atoms in total. The Hall–Kier alpha value is -4.64. The van der Waals surface area contributed by atoms with Crippen molar-refractivity contribution in [2.75, 3.05) is 32.8 Å². The third-order valence-electron chi connectivity index (χ3n) is 6.35. The van der Waals surface area contributed by atoms with Gasteiger partial charge in [-0.1, -0.05) is 30.1 Å². The van der Waals surface area contributed by atoms with Crippen LogP contribution in [-0.4, -0.2) is 55.7 Å². The molecular weight excluding hydrogens is 536 g/mol. The molecule has 3 aromatic rings. The number of aryl methyl sites for hydroxylation is 2. The number of aliphatic hydroxyl groups is 1. The quantitative estimate of drug-likeness (QED) is 0.129. The number of benzene rings is 2. The molecule has 1 aliphatic heterocycles. The van der Waals surface area contributed by atoms with Gasteiger partial charge in [-0.2, -0.15) is 0 Å². The van der Waals surface area contributed by atoms with Gasteiger partial charge in [-0.3, -0.25) is 14.5 Å². The fraction of sp³-hybridized carbons (Fsp3) is 0.241. The largest absolute Gasteiger partial charge is 0.507 e. The van der Waals surface area contributed by atoms with Crippen molar-refractivity contribution in [2.45, 2.75) is 19.9 Å². The van der Waals surface area contributed by atoms with Crippen molar-refractivity contribution in [3.05, 3.63) is 81.9 Å². The van der Waals surface area contributed by atoms with Gasteiger partial charge in [-0.25, -0.2) is 9.78 Å². The van der Waals surface area contributed by atoms with Crippen LogP contribution in [0.15, 0.2) is 54.6 Å². The van der Waals surface area contributed by atoms with Gasteiger partial charge in [0.2, 0.25) is 0 Å². The first-order valence-electron chi connectivity index (χ1n) is 12.1. The fourth-order valence-corrected chi connectivity index (χ4v) is 5.41. The maximum atomic E-state index is 13.5. The molecule has 11 heteroatoms. The van der Waals surface area contributed by atoms with Crippen LogP contribution >= 0.6 is 11.3 Å². The number of hydrogen-bond acceptors (Lipinski definition) is 10. The highest BCUT2D eigenvalue weighted by Gasteiger charge is 2.48. The van der Waals surface area contributed by atoms with E-state index in [2.05, 4.69) is 11.6 Å². The molecule has 1 fully saturated rings. The molecule has 1 saturated heterocycles. The summed E-state index contributed by atoms with van der Waals surface area (Å²) in [7, 11) is 4.48. The van der Waals surface area contributed by atoms with E-state index >= 15 is 0 Å². The minimum absolute atomic E-state index is 0.00292. The number of anilines is 1. The molecule has 0 unspecified atom stereocenters. The lowest BCUT2D eigenvalue weighted by atomic mass is 9.94. The Morgan fingerprint density at radius 3 is 2.35 bits per heavy atom. The molecule has 0 bridgehead atoms. The van der Waals surface area contributed by atoms with Crippen LogP contribution in [0.2, 0.25) is 0 Å². The van der Waals surface area contributed by atoms with Crippen molar-refractivity contribution in [3.8, 4) is 17.2 Å². The summed E-state index contributed by atoms with van der Waals surface area (Å²) < 4.78 is 21.3. The van der Waals surface area contributed by atoms with E-state index < -0.39 is 23.7 Å². The molecule has 1 aromatic heterocycles. The zero-order chi connectivity index (χ0) is 29.1. The van der Waals surface area contributed by atoms with Crippen molar-refractivity contribution < 1.29 is 38.4 Å². The molecule has 2 heterocycles. The van der Waals surface area contributed by atoms with Crippen LogP contribution in [0.5, 0.6) is 17.2 Å². The number of esters is 1. The van der Waals surface area contributed by atoms with Gasteiger partial charge < -0.3 is 24.1 Å². The van der Waals surface area contributed by atoms with Gasteiger partial charge in [0.25, 0.3) is 5.78 Å². The van der Waals surface area contributed by atoms with E-state index in [1.54, 1.807) is 50.2 Å². The Kier molecular flexibility index (Phi) is 8.24. The predicted molar refractivity (Wildman–Crippen MR) is 149 cm³/mol. The molecule has 1 N–H and O–H groups in total. The number of rotatable bonds is 9. The van der Waals surface area contributed by atoms with Crippen molar-refractivity contribution in [3.63, 3.8) is 0 Å². The molecule has 1 amide bonds. The van der Waals surface area contributed by atoms with Crippen LogP contribution in [0, 0.1) is 13.8 Å². The number of ether oxygens (including phenoxy) is 4. The van der Waals surface area contributed by atoms with Crippen molar-refractivity contribution >= 4 is 39.9 Å². The van der Waals surface area contributed by atoms with E-state index in [4.69, 9.17) is 18.9 Å². The molecule has 0 saturated carbocycles.